The van der Waals surface area contributed by atoms with Crippen LogP contribution in [-0.2, 0) is 0 Å². The molecule has 1 aliphatic rings. The summed E-state index contributed by atoms with van der Waals surface area (Å²) in [6.45, 7) is 3.05. The molecule has 1 aromatic carbocycles. The molecule has 0 heterocycles. The van der Waals surface area contributed by atoms with E-state index in [0.29, 0.717) is 22.4 Å². The van der Waals surface area contributed by atoms with Crippen molar-refractivity contribution in [2.24, 2.45) is 11.8 Å². The van der Waals surface area contributed by atoms with Gasteiger partial charge in [-0.1, -0.05) is 37.8 Å². The Morgan fingerprint density at radius 2 is 2.10 bits per heavy atom. The Kier molecular flexibility index (Phi) is 5.30. The summed E-state index contributed by atoms with van der Waals surface area (Å²) >= 11 is 5.98. The largest absolute Gasteiger partial charge is 0.387 e. The Bertz CT molecular complexity index is 476. The van der Waals surface area contributed by atoms with E-state index < -0.39 is 0 Å². The smallest absolute Gasteiger partial charge is 0.253 e. The van der Waals surface area contributed by atoms with Crippen molar-refractivity contribution in [3.05, 3.63) is 28.8 Å². The number of anilines is 1. The maximum Gasteiger partial charge on any atom is 0.253 e. The summed E-state index contributed by atoms with van der Waals surface area (Å²) < 4.78 is 0. The Balaban J connectivity index is 1.99. The van der Waals surface area contributed by atoms with Crippen LogP contribution in [0.5, 0.6) is 0 Å². The highest BCUT2D eigenvalue weighted by atomic mass is 35.5. The van der Waals surface area contributed by atoms with Gasteiger partial charge in [0.15, 0.2) is 0 Å². The number of carbonyl (C=O) groups is 1. The second kappa shape index (κ2) is 6.98. The molecule has 0 bridgehead atoms. The van der Waals surface area contributed by atoms with Crippen LogP contribution in [0.1, 0.15) is 43.0 Å². The molecule has 2 rings (SSSR count). The number of hydrogen-bond donors (Lipinski definition) is 2. The molecule has 1 saturated carbocycles. The van der Waals surface area contributed by atoms with E-state index in [0.717, 1.165) is 12.2 Å². The van der Waals surface area contributed by atoms with E-state index in [1.165, 1.54) is 25.7 Å². The number of rotatable bonds is 4. The summed E-state index contributed by atoms with van der Waals surface area (Å²) in [4.78, 5) is 12.3. The molecule has 2 unspecified atom stereocenters. The first kappa shape index (κ1) is 15.2. The zero-order valence-electron chi connectivity index (χ0n) is 12.2. The average Bonchev–Trinajstić information content (AvgIpc) is 2.46. The van der Waals surface area contributed by atoms with Crippen LogP contribution in [0.15, 0.2) is 18.2 Å². The van der Waals surface area contributed by atoms with Crippen molar-refractivity contribution in [1.82, 2.24) is 5.32 Å². The van der Waals surface area contributed by atoms with Crippen LogP contribution in [0, 0.1) is 11.8 Å². The third-order valence-corrected chi connectivity index (χ3v) is 4.54. The Labute approximate surface area is 126 Å². The fourth-order valence-corrected chi connectivity index (χ4v) is 3.11. The van der Waals surface area contributed by atoms with Crippen LogP contribution in [0.4, 0.5) is 5.69 Å². The Morgan fingerprint density at radius 1 is 1.35 bits per heavy atom. The van der Waals surface area contributed by atoms with Crippen molar-refractivity contribution in [1.29, 1.82) is 0 Å². The number of halogens is 1. The highest BCUT2D eigenvalue weighted by Gasteiger charge is 2.22. The lowest BCUT2D eigenvalue weighted by Crippen LogP contribution is -2.33. The van der Waals surface area contributed by atoms with E-state index in [1.54, 1.807) is 12.1 Å². The minimum Gasteiger partial charge on any atom is -0.387 e. The van der Waals surface area contributed by atoms with Crippen molar-refractivity contribution < 1.29 is 4.79 Å². The maximum absolute atomic E-state index is 12.3. The minimum atomic E-state index is -0.0466. The molecule has 1 fully saturated rings. The quantitative estimate of drug-likeness (QED) is 0.883. The van der Waals surface area contributed by atoms with Crippen molar-refractivity contribution in [3.63, 3.8) is 0 Å². The van der Waals surface area contributed by atoms with Crippen molar-refractivity contribution in [2.75, 3.05) is 18.9 Å². The molecule has 0 saturated heterocycles. The first-order chi connectivity index (χ1) is 9.61. The van der Waals surface area contributed by atoms with Gasteiger partial charge in [0.25, 0.3) is 5.91 Å². The number of nitrogens with one attached hydrogen (secondary N) is 2. The predicted molar refractivity (Wildman–Crippen MR) is 84.5 cm³/mol. The normalized spacial score (nSPS) is 22.4. The molecular weight excluding hydrogens is 272 g/mol. The monoisotopic (exact) mass is 294 g/mol. The van der Waals surface area contributed by atoms with Crippen LogP contribution in [0.25, 0.3) is 0 Å². The highest BCUT2D eigenvalue weighted by Crippen LogP contribution is 2.29. The van der Waals surface area contributed by atoms with E-state index in [2.05, 4.69) is 17.6 Å². The summed E-state index contributed by atoms with van der Waals surface area (Å²) in [5.41, 5.74) is 1.42. The van der Waals surface area contributed by atoms with Gasteiger partial charge in [0.05, 0.1) is 5.56 Å². The Hall–Kier alpha value is -1.22. The van der Waals surface area contributed by atoms with E-state index >= 15 is 0 Å². The lowest BCUT2D eigenvalue weighted by Gasteiger charge is -2.28. The molecule has 4 heteroatoms. The lowest BCUT2D eigenvalue weighted by atomic mass is 9.80. The number of amides is 1. The lowest BCUT2D eigenvalue weighted by molar-refractivity contribution is 0.0937. The molecule has 3 nitrogen and oxygen atoms in total. The highest BCUT2D eigenvalue weighted by molar-refractivity contribution is 6.31. The SMILES string of the molecule is CNc1ccc(Cl)cc1C(=O)NCC1CCCCC1C. The Morgan fingerprint density at radius 3 is 2.80 bits per heavy atom. The van der Waals surface area contributed by atoms with E-state index in [-0.39, 0.29) is 5.91 Å². The second-order valence-corrected chi connectivity index (χ2v) is 6.11. The second-order valence-electron chi connectivity index (χ2n) is 5.67. The van der Waals surface area contributed by atoms with Crippen LogP contribution < -0.4 is 10.6 Å². The standard InChI is InChI=1S/C16H23ClN2O/c1-11-5-3-4-6-12(11)10-19-16(20)14-9-13(17)7-8-15(14)18-2/h7-9,11-12,18H,3-6,10H2,1-2H3,(H,19,20). The van der Waals surface area contributed by atoms with Crippen molar-refractivity contribution in [2.45, 2.75) is 32.6 Å². The van der Waals surface area contributed by atoms with Gasteiger partial charge < -0.3 is 10.6 Å². The molecule has 0 aliphatic heterocycles. The number of hydrogen-bond acceptors (Lipinski definition) is 2. The number of carbonyl (C=O) groups excluding carboxylic acids is 1. The first-order valence-corrected chi connectivity index (χ1v) is 7.75. The molecule has 2 atom stereocenters. The fourth-order valence-electron chi connectivity index (χ4n) is 2.94. The van der Waals surface area contributed by atoms with Gasteiger partial charge in [-0.25, -0.2) is 0 Å². The molecule has 0 spiro atoms. The van der Waals surface area contributed by atoms with Crippen LogP contribution >= 0.6 is 11.6 Å². The van der Waals surface area contributed by atoms with E-state index in [4.69, 9.17) is 11.6 Å². The van der Waals surface area contributed by atoms with Gasteiger partial charge in [-0.15, -0.1) is 0 Å². The van der Waals surface area contributed by atoms with Gasteiger partial charge in [0.2, 0.25) is 0 Å². The zero-order valence-corrected chi connectivity index (χ0v) is 13.0. The molecule has 0 radical (unpaired) electrons. The first-order valence-electron chi connectivity index (χ1n) is 7.37. The van der Waals surface area contributed by atoms with Gasteiger partial charge in [-0.05, 0) is 36.5 Å². The maximum atomic E-state index is 12.3. The molecule has 1 amide bonds. The molecule has 1 aromatic rings. The van der Waals surface area contributed by atoms with Gasteiger partial charge in [0, 0.05) is 24.3 Å². The van der Waals surface area contributed by atoms with Crippen LogP contribution in [0.3, 0.4) is 0 Å². The summed E-state index contributed by atoms with van der Waals surface area (Å²) in [6, 6.07) is 5.33. The third-order valence-electron chi connectivity index (χ3n) is 4.31. The average molecular weight is 295 g/mol. The van der Waals surface area contributed by atoms with Crippen molar-refractivity contribution >= 4 is 23.2 Å². The third kappa shape index (κ3) is 3.66. The van der Waals surface area contributed by atoms with Gasteiger partial charge in [0.1, 0.15) is 0 Å². The van der Waals surface area contributed by atoms with Gasteiger partial charge in [-0.3, -0.25) is 4.79 Å². The summed E-state index contributed by atoms with van der Waals surface area (Å²) in [6.07, 6.45) is 5.10. The number of benzene rings is 1. The van der Waals surface area contributed by atoms with Crippen LogP contribution in [-0.4, -0.2) is 19.5 Å². The molecular formula is C16H23ClN2O. The molecule has 1 aliphatic carbocycles. The molecule has 2 N–H and O–H groups in total. The van der Waals surface area contributed by atoms with E-state index in [1.807, 2.05) is 13.1 Å². The van der Waals surface area contributed by atoms with Gasteiger partial charge in [-0.2, -0.15) is 0 Å². The summed E-state index contributed by atoms with van der Waals surface area (Å²) in [7, 11) is 1.81. The fraction of sp³-hybridized carbons (Fsp3) is 0.562. The molecule has 20 heavy (non-hydrogen) atoms. The predicted octanol–water partition coefficient (Wildman–Crippen LogP) is 3.94. The van der Waals surface area contributed by atoms with Crippen LogP contribution in [0.2, 0.25) is 5.02 Å². The van der Waals surface area contributed by atoms with Gasteiger partial charge >= 0.3 is 0 Å². The molecule has 0 aromatic heterocycles. The zero-order chi connectivity index (χ0) is 14.5. The van der Waals surface area contributed by atoms with E-state index in [9.17, 15) is 4.79 Å². The topological polar surface area (TPSA) is 41.1 Å². The summed E-state index contributed by atoms with van der Waals surface area (Å²) in [5.74, 6) is 1.26. The summed E-state index contributed by atoms with van der Waals surface area (Å²) in [5, 5.41) is 6.68. The minimum absolute atomic E-state index is 0.0466. The van der Waals surface area contributed by atoms with Crippen molar-refractivity contribution in [3.8, 4) is 0 Å². The molecule has 110 valence electrons.